The van der Waals surface area contributed by atoms with Crippen molar-refractivity contribution in [2.45, 2.75) is 24.0 Å². The second-order valence-electron chi connectivity index (χ2n) is 6.33. The number of thioether (sulfide) groups is 2. The predicted octanol–water partition coefficient (Wildman–Crippen LogP) is 3.12. The molecule has 1 heterocycles. The predicted molar refractivity (Wildman–Crippen MR) is 107 cm³/mol. The lowest BCUT2D eigenvalue weighted by atomic mass is 9.97. The van der Waals surface area contributed by atoms with Gasteiger partial charge >= 0.3 is 5.97 Å². The molecule has 1 saturated carbocycles. The number of esters is 1. The average Bonchev–Trinajstić information content (AvgIpc) is 3.26. The van der Waals surface area contributed by atoms with Crippen molar-refractivity contribution in [2.75, 3.05) is 18.6 Å². The molecular formula is C19H20N4O2S2. The van der Waals surface area contributed by atoms with E-state index in [1.807, 2.05) is 13.8 Å². The van der Waals surface area contributed by atoms with E-state index in [0.29, 0.717) is 5.56 Å². The number of carbonyl (C=O) groups excluding carboxylic acids is 1. The molecule has 0 radical (unpaired) electrons. The van der Waals surface area contributed by atoms with E-state index in [9.17, 15) is 15.3 Å². The molecule has 1 aliphatic carbocycles. The van der Waals surface area contributed by atoms with Crippen LogP contribution in [-0.4, -0.2) is 34.6 Å². The first-order valence-electron chi connectivity index (χ1n) is 8.59. The SMILES string of the molecule is CCSC1(SCC)N=C(N)C2(C#N)C(c3ccc(C(=O)OC)cc3)C12C#N. The maximum atomic E-state index is 11.7. The smallest absolute Gasteiger partial charge is 0.337 e. The number of hydrogen-bond acceptors (Lipinski definition) is 8. The molecule has 27 heavy (non-hydrogen) atoms. The Labute approximate surface area is 167 Å². The molecule has 6 nitrogen and oxygen atoms in total. The number of methoxy groups -OCH3 is 1. The van der Waals surface area contributed by atoms with Crippen LogP contribution in [0.1, 0.15) is 35.7 Å². The number of ether oxygens (including phenoxy) is 1. The third-order valence-electron chi connectivity index (χ3n) is 5.27. The van der Waals surface area contributed by atoms with Crippen molar-refractivity contribution in [3.8, 4) is 12.1 Å². The Morgan fingerprint density at radius 2 is 1.81 bits per heavy atom. The Morgan fingerprint density at radius 1 is 1.22 bits per heavy atom. The highest BCUT2D eigenvalue weighted by atomic mass is 32.2. The summed E-state index contributed by atoms with van der Waals surface area (Å²) in [5, 5.41) is 20.3. The van der Waals surface area contributed by atoms with Gasteiger partial charge in [-0.2, -0.15) is 10.5 Å². The van der Waals surface area contributed by atoms with E-state index >= 15 is 0 Å². The molecule has 3 unspecified atom stereocenters. The van der Waals surface area contributed by atoms with Crippen LogP contribution in [0.4, 0.5) is 0 Å². The molecule has 140 valence electrons. The number of aliphatic imine (C=N–C) groups is 1. The number of nitrogens with two attached hydrogens (primary N) is 1. The van der Waals surface area contributed by atoms with E-state index in [4.69, 9.17) is 10.5 Å². The summed E-state index contributed by atoms with van der Waals surface area (Å²) in [6.07, 6.45) is 0. The highest BCUT2D eigenvalue weighted by Crippen LogP contribution is 2.85. The minimum Gasteiger partial charge on any atom is -0.465 e. The number of hydrogen-bond donors (Lipinski definition) is 1. The van der Waals surface area contributed by atoms with Gasteiger partial charge < -0.3 is 10.5 Å². The molecule has 1 aromatic rings. The van der Waals surface area contributed by atoms with E-state index in [1.165, 1.54) is 7.11 Å². The molecule has 2 N–H and O–H groups in total. The fourth-order valence-electron chi connectivity index (χ4n) is 4.18. The first-order valence-corrected chi connectivity index (χ1v) is 10.6. The molecule has 8 heteroatoms. The first-order chi connectivity index (χ1) is 12.9. The maximum Gasteiger partial charge on any atom is 0.337 e. The van der Waals surface area contributed by atoms with Gasteiger partial charge in [0.25, 0.3) is 0 Å². The van der Waals surface area contributed by atoms with Gasteiger partial charge in [0.05, 0.1) is 24.8 Å². The molecule has 0 saturated heterocycles. The Morgan fingerprint density at radius 3 is 2.26 bits per heavy atom. The van der Waals surface area contributed by atoms with Gasteiger partial charge in [0, 0.05) is 5.92 Å². The van der Waals surface area contributed by atoms with Crippen LogP contribution >= 0.6 is 23.5 Å². The van der Waals surface area contributed by atoms with Crippen LogP contribution in [0.3, 0.4) is 0 Å². The van der Waals surface area contributed by atoms with Crippen LogP contribution in [0.5, 0.6) is 0 Å². The highest BCUT2D eigenvalue weighted by Gasteiger charge is 2.91. The Hall–Kier alpha value is -2.16. The summed E-state index contributed by atoms with van der Waals surface area (Å²) in [5.41, 5.74) is 5.32. The number of fused-ring (bicyclic) bond motifs is 1. The number of amidine groups is 1. The molecule has 0 amide bonds. The monoisotopic (exact) mass is 400 g/mol. The zero-order valence-electron chi connectivity index (χ0n) is 15.4. The lowest BCUT2D eigenvalue weighted by Gasteiger charge is -2.31. The van der Waals surface area contributed by atoms with Crippen LogP contribution in [0, 0.1) is 33.5 Å². The Kier molecular flexibility index (Phi) is 4.92. The van der Waals surface area contributed by atoms with E-state index in [2.05, 4.69) is 17.1 Å². The molecule has 1 aromatic carbocycles. The van der Waals surface area contributed by atoms with Crippen molar-refractivity contribution in [3.63, 3.8) is 0 Å². The quantitative estimate of drug-likeness (QED) is 0.576. The number of nitriles is 2. The van der Waals surface area contributed by atoms with Crippen molar-refractivity contribution in [3.05, 3.63) is 35.4 Å². The van der Waals surface area contributed by atoms with Crippen molar-refractivity contribution < 1.29 is 9.53 Å². The Balaban J connectivity index is 2.13. The third kappa shape index (κ3) is 2.27. The summed E-state index contributed by atoms with van der Waals surface area (Å²) in [6, 6.07) is 11.6. The number of rotatable bonds is 6. The summed E-state index contributed by atoms with van der Waals surface area (Å²) < 4.78 is 3.92. The van der Waals surface area contributed by atoms with Crippen molar-refractivity contribution in [1.82, 2.24) is 0 Å². The zero-order valence-corrected chi connectivity index (χ0v) is 17.0. The lowest BCUT2D eigenvalue weighted by molar-refractivity contribution is 0.0600. The third-order valence-corrected chi connectivity index (χ3v) is 8.17. The van der Waals surface area contributed by atoms with Gasteiger partial charge in [0.15, 0.2) is 4.20 Å². The fourth-order valence-corrected chi connectivity index (χ4v) is 7.43. The van der Waals surface area contributed by atoms with Gasteiger partial charge in [0.2, 0.25) is 0 Å². The lowest BCUT2D eigenvalue weighted by Crippen LogP contribution is -2.31. The summed E-state index contributed by atoms with van der Waals surface area (Å²) in [5.74, 6) is 0.921. The van der Waals surface area contributed by atoms with Crippen LogP contribution in [-0.2, 0) is 4.74 Å². The average molecular weight is 401 g/mol. The zero-order chi connectivity index (χ0) is 19.9. The largest absolute Gasteiger partial charge is 0.465 e. The summed E-state index contributed by atoms with van der Waals surface area (Å²) >= 11 is 3.12. The maximum absolute atomic E-state index is 11.7. The second-order valence-corrected chi connectivity index (χ2v) is 9.50. The van der Waals surface area contributed by atoms with E-state index in [0.717, 1.165) is 17.1 Å². The molecule has 1 fully saturated rings. The minimum absolute atomic E-state index is 0.232. The standard InChI is InChI=1S/C19H20N4O2S2/c1-4-26-19(27-5-2)18(11-21)14(17(18,10-20)16(22)23-19)12-6-8-13(9-7-12)15(24)25-3/h6-9,14H,4-5H2,1-3H3,(H2,22,23). The molecule has 3 rings (SSSR count). The molecule has 0 bridgehead atoms. The van der Waals surface area contributed by atoms with Crippen molar-refractivity contribution >= 4 is 35.3 Å². The molecule has 0 aromatic heterocycles. The summed E-state index contributed by atoms with van der Waals surface area (Å²) in [4.78, 5) is 16.3. The topological polar surface area (TPSA) is 112 Å². The van der Waals surface area contributed by atoms with Crippen LogP contribution in [0.15, 0.2) is 29.3 Å². The molecule has 0 spiro atoms. The minimum atomic E-state index is -1.14. The van der Waals surface area contributed by atoms with Crippen molar-refractivity contribution in [2.24, 2.45) is 21.6 Å². The van der Waals surface area contributed by atoms with Crippen LogP contribution in [0.2, 0.25) is 0 Å². The molecule has 2 aliphatic rings. The summed E-state index contributed by atoms with van der Waals surface area (Å²) in [6.45, 7) is 4.02. The van der Waals surface area contributed by atoms with Gasteiger partial charge in [0.1, 0.15) is 16.7 Å². The van der Waals surface area contributed by atoms with Crippen LogP contribution in [0.25, 0.3) is 0 Å². The normalized spacial score (nSPS) is 29.8. The van der Waals surface area contributed by atoms with E-state index in [1.54, 1.807) is 47.8 Å². The van der Waals surface area contributed by atoms with E-state index in [-0.39, 0.29) is 11.8 Å². The fraction of sp³-hybridized carbons (Fsp3) is 0.474. The molecular weight excluding hydrogens is 380 g/mol. The number of nitrogens with zero attached hydrogens (tertiary/aromatic N) is 3. The molecule has 3 atom stereocenters. The van der Waals surface area contributed by atoms with Gasteiger partial charge in [-0.25, -0.2) is 9.79 Å². The number of carbonyl (C=O) groups is 1. The van der Waals surface area contributed by atoms with Gasteiger partial charge in [-0.1, -0.05) is 26.0 Å². The molecule has 1 aliphatic heterocycles. The van der Waals surface area contributed by atoms with Crippen LogP contribution < -0.4 is 5.73 Å². The second kappa shape index (κ2) is 6.78. The van der Waals surface area contributed by atoms with Crippen molar-refractivity contribution in [1.29, 1.82) is 10.5 Å². The van der Waals surface area contributed by atoms with Gasteiger partial charge in [-0.05, 0) is 29.2 Å². The van der Waals surface area contributed by atoms with E-state index < -0.39 is 21.0 Å². The Bertz CT molecular complexity index is 880. The highest BCUT2D eigenvalue weighted by molar-refractivity contribution is 8.18. The van der Waals surface area contributed by atoms with Gasteiger partial charge in [-0.15, -0.1) is 23.5 Å². The number of benzene rings is 1. The van der Waals surface area contributed by atoms with Gasteiger partial charge in [-0.3, -0.25) is 0 Å². The first kappa shape index (κ1) is 19.6. The summed E-state index contributed by atoms with van der Waals surface area (Å²) in [7, 11) is 1.33.